The maximum Gasteiger partial charge on any atom is 0.227 e. The summed E-state index contributed by atoms with van der Waals surface area (Å²) < 4.78 is 5.06. The molecule has 0 fully saturated rings. The zero-order valence-corrected chi connectivity index (χ0v) is 8.81. The van der Waals surface area contributed by atoms with Crippen molar-refractivity contribution in [3.63, 3.8) is 0 Å². The number of alkyl halides is 1. The standard InChI is InChI=1S/C10H10ClN3O/c11-6-3-5-9-13-10(14-15-9)8-4-1-2-7-12-8/h1-2,4,7H,3,5-6H2. The molecule has 2 rings (SSSR count). The van der Waals surface area contributed by atoms with Gasteiger partial charge in [-0.25, -0.2) is 0 Å². The van der Waals surface area contributed by atoms with E-state index < -0.39 is 0 Å². The second-order valence-electron chi connectivity index (χ2n) is 3.02. The van der Waals surface area contributed by atoms with Gasteiger partial charge in [0.05, 0.1) is 0 Å². The number of aryl methyl sites for hydroxylation is 1. The molecule has 0 N–H and O–H groups in total. The van der Waals surface area contributed by atoms with Crippen molar-refractivity contribution in [1.29, 1.82) is 0 Å². The van der Waals surface area contributed by atoms with Gasteiger partial charge in [0.2, 0.25) is 11.7 Å². The van der Waals surface area contributed by atoms with Gasteiger partial charge in [-0.15, -0.1) is 11.6 Å². The van der Waals surface area contributed by atoms with Gasteiger partial charge in [-0.3, -0.25) is 4.98 Å². The van der Waals surface area contributed by atoms with Crippen LogP contribution in [0.4, 0.5) is 0 Å². The number of nitrogens with zero attached hydrogens (tertiary/aromatic N) is 3. The average Bonchev–Trinajstić information content (AvgIpc) is 2.76. The average molecular weight is 224 g/mol. The van der Waals surface area contributed by atoms with Crippen LogP contribution in [0.25, 0.3) is 11.5 Å². The molecule has 0 atom stereocenters. The van der Waals surface area contributed by atoms with Crippen LogP contribution in [-0.4, -0.2) is 21.0 Å². The van der Waals surface area contributed by atoms with Crippen molar-refractivity contribution in [3.05, 3.63) is 30.3 Å². The summed E-state index contributed by atoms with van der Waals surface area (Å²) in [6.45, 7) is 0. The van der Waals surface area contributed by atoms with E-state index in [1.807, 2.05) is 18.2 Å². The maximum atomic E-state index is 5.57. The maximum absolute atomic E-state index is 5.57. The molecule has 4 nitrogen and oxygen atoms in total. The molecule has 5 heteroatoms. The molecule has 0 saturated heterocycles. The first-order valence-corrected chi connectivity index (χ1v) is 5.23. The molecule has 0 radical (unpaired) electrons. The minimum absolute atomic E-state index is 0.528. The molecule has 0 aliphatic heterocycles. The van der Waals surface area contributed by atoms with Crippen molar-refractivity contribution < 1.29 is 4.52 Å². The number of hydrogen-bond acceptors (Lipinski definition) is 4. The number of rotatable bonds is 4. The van der Waals surface area contributed by atoms with Crippen LogP contribution in [-0.2, 0) is 6.42 Å². The van der Waals surface area contributed by atoms with Gasteiger partial charge in [-0.2, -0.15) is 4.98 Å². The van der Waals surface area contributed by atoms with Gasteiger partial charge in [0.25, 0.3) is 0 Å². The monoisotopic (exact) mass is 223 g/mol. The van der Waals surface area contributed by atoms with E-state index in [4.69, 9.17) is 16.1 Å². The molecule has 0 spiro atoms. The fraction of sp³-hybridized carbons (Fsp3) is 0.300. The number of hydrogen-bond donors (Lipinski definition) is 0. The van der Waals surface area contributed by atoms with Crippen LogP contribution in [0.2, 0.25) is 0 Å². The summed E-state index contributed by atoms with van der Waals surface area (Å²) in [6.07, 6.45) is 3.25. The Hall–Kier alpha value is -1.42. The van der Waals surface area contributed by atoms with Crippen LogP contribution in [0.1, 0.15) is 12.3 Å². The Morgan fingerprint density at radius 1 is 1.33 bits per heavy atom. The quantitative estimate of drug-likeness (QED) is 0.747. The van der Waals surface area contributed by atoms with E-state index >= 15 is 0 Å². The zero-order chi connectivity index (χ0) is 10.5. The van der Waals surface area contributed by atoms with E-state index in [1.165, 1.54) is 0 Å². The van der Waals surface area contributed by atoms with Gasteiger partial charge in [0.1, 0.15) is 5.69 Å². The van der Waals surface area contributed by atoms with Crippen molar-refractivity contribution in [2.45, 2.75) is 12.8 Å². The highest BCUT2D eigenvalue weighted by atomic mass is 35.5. The lowest BCUT2D eigenvalue weighted by molar-refractivity contribution is 0.378. The molecule has 0 amide bonds. The van der Waals surface area contributed by atoms with Crippen molar-refractivity contribution in [2.24, 2.45) is 0 Å². The van der Waals surface area contributed by atoms with E-state index in [9.17, 15) is 0 Å². The van der Waals surface area contributed by atoms with E-state index in [2.05, 4.69) is 15.1 Å². The Kier molecular flexibility index (Phi) is 3.29. The fourth-order valence-electron chi connectivity index (χ4n) is 1.17. The number of pyridine rings is 1. The topological polar surface area (TPSA) is 51.8 Å². The third-order valence-corrected chi connectivity index (χ3v) is 2.15. The van der Waals surface area contributed by atoms with Gasteiger partial charge in [-0.05, 0) is 18.6 Å². The zero-order valence-electron chi connectivity index (χ0n) is 8.06. The van der Waals surface area contributed by atoms with Gasteiger partial charge in [0.15, 0.2) is 0 Å². The molecule has 2 aromatic heterocycles. The molecular formula is C10H10ClN3O. The fourth-order valence-corrected chi connectivity index (χ4v) is 1.31. The summed E-state index contributed by atoms with van der Waals surface area (Å²) in [6, 6.07) is 5.57. The second kappa shape index (κ2) is 4.89. The molecule has 0 saturated carbocycles. The van der Waals surface area contributed by atoms with Crippen LogP contribution in [0.3, 0.4) is 0 Å². The lowest BCUT2D eigenvalue weighted by atomic mass is 10.3. The first kappa shape index (κ1) is 10.1. The van der Waals surface area contributed by atoms with E-state index in [0.717, 1.165) is 12.1 Å². The largest absolute Gasteiger partial charge is 0.339 e. The Bertz CT molecular complexity index is 416. The smallest absolute Gasteiger partial charge is 0.227 e. The summed E-state index contributed by atoms with van der Waals surface area (Å²) in [5.74, 6) is 1.73. The highest BCUT2D eigenvalue weighted by Crippen LogP contribution is 2.12. The normalized spacial score (nSPS) is 10.5. The van der Waals surface area contributed by atoms with Crippen molar-refractivity contribution >= 4 is 11.6 Å². The predicted molar refractivity (Wildman–Crippen MR) is 56.6 cm³/mol. The van der Waals surface area contributed by atoms with Crippen molar-refractivity contribution in [3.8, 4) is 11.5 Å². The summed E-state index contributed by atoms with van der Waals surface area (Å²) in [4.78, 5) is 8.35. The Balaban J connectivity index is 2.14. The molecule has 0 aliphatic carbocycles. The summed E-state index contributed by atoms with van der Waals surface area (Å²) >= 11 is 5.57. The lowest BCUT2D eigenvalue weighted by Gasteiger charge is -1.89. The molecular weight excluding hydrogens is 214 g/mol. The van der Waals surface area contributed by atoms with Crippen LogP contribution < -0.4 is 0 Å². The third kappa shape index (κ3) is 2.53. The summed E-state index contributed by atoms with van der Waals surface area (Å²) in [5, 5.41) is 3.85. The second-order valence-corrected chi connectivity index (χ2v) is 3.40. The molecule has 2 aromatic rings. The minimum atomic E-state index is 0.528. The Morgan fingerprint density at radius 2 is 2.27 bits per heavy atom. The van der Waals surface area contributed by atoms with E-state index in [1.54, 1.807) is 6.20 Å². The number of halogens is 1. The van der Waals surface area contributed by atoms with Crippen molar-refractivity contribution in [1.82, 2.24) is 15.1 Å². The predicted octanol–water partition coefficient (Wildman–Crippen LogP) is 2.30. The van der Waals surface area contributed by atoms with Gasteiger partial charge < -0.3 is 4.52 Å². The first-order valence-electron chi connectivity index (χ1n) is 4.70. The van der Waals surface area contributed by atoms with Crippen LogP contribution in [0.15, 0.2) is 28.9 Å². The number of aromatic nitrogens is 3. The molecule has 0 unspecified atom stereocenters. The highest BCUT2D eigenvalue weighted by Gasteiger charge is 2.08. The molecule has 78 valence electrons. The molecule has 0 aliphatic rings. The van der Waals surface area contributed by atoms with E-state index in [0.29, 0.717) is 24.0 Å². The molecule has 0 aromatic carbocycles. The summed E-state index contributed by atoms with van der Waals surface area (Å²) in [5.41, 5.74) is 0.721. The SMILES string of the molecule is ClCCCc1nc(-c2ccccn2)no1. The molecule has 2 heterocycles. The van der Waals surface area contributed by atoms with Gasteiger partial charge in [0, 0.05) is 18.5 Å². The third-order valence-electron chi connectivity index (χ3n) is 1.89. The van der Waals surface area contributed by atoms with Gasteiger partial charge >= 0.3 is 0 Å². The van der Waals surface area contributed by atoms with E-state index in [-0.39, 0.29) is 0 Å². The van der Waals surface area contributed by atoms with Crippen LogP contribution >= 0.6 is 11.6 Å². The van der Waals surface area contributed by atoms with Crippen molar-refractivity contribution in [2.75, 3.05) is 5.88 Å². The van der Waals surface area contributed by atoms with Gasteiger partial charge in [-0.1, -0.05) is 11.2 Å². The molecule has 0 bridgehead atoms. The summed E-state index contributed by atoms with van der Waals surface area (Å²) in [7, 11) is 0. The lowest BCUT2D eigenvalue weighted by Crippen LogP contribution is -1.87. The Morgan fingerprint density at radius 3 is 3.00 bits per heavy atom. The minimum Gasteiger partial charge on any atom is -0.339 e. The van der Waals surface area contributed by atoms with Crippen LogP contribution in [0.5, 0.6) is 0 Å². The molecule has 15 heavy (non-hydrogen) atoms. The Labute approximate surface area is 92.3 Å². The van der Waals surface area contributed by atoms with Crippen LogP contribution in [0, 0.1) is 0 Å². The highest BCUT2D eigenvalue weighted by molar-refractivity contribution is 6.17. The first-order chi connectivity index (χ1) is 7.40.